The van der Waals surface area contributed by atoms with E-state index in [4.69, 9.17) is 0 Å². The molecule has 0 saturated heterocycles. The minimum absolute atomic E-state index is 0.0588. The number of carbonyl (C=O) groups is 1. The van der Waals surface area contributed by atoms with Crippen molar-refractivity contribution in [3.8, 4) is 0 Å². The molecule has 0 radical (unpaired) electrons. The molecular weight excluding hydrogens is 376 g/mol. The van der Waals surface area contributed by atoms with Crippen LogP contribution in [0.4, 0.5) is 0 Å². The highest BCUT2D eigenvalue weighted by atomic mass is 16.3. The van der Waals surface area contributed by atoms with E-state index in [1.54, 1.807) is 13.8 Å². The third-order valence-corrected chi connectivity index (χ3v) is 7.75. The van der Waals surface area contributed by atoms with Crippen LogP contribution in [0.3, 0.4) is 0 Å². The van der Waals surface area contributed by atoms with Crippen molar-refractivity contribution in [2.24, 2.45) is 23.7 Å². The van der Waals surface area contributed by atoms with Crippen molar-refractivity contribution >= 4 is 5.78 Å². The molecule has 3 aliphatic carbocycles. The van der Waals surface area contributed by atoms with Gasteiger partial charge in [0.25, 0.3) is 0 Å². The summed E-state index contributed by atoms with van der Waals surface area (Å²) in [7, 11) is 0. The monoisotopic (exact) mass is 416 g/mol. The lowest BCUT2D eigenvalue weighted by atomic mass is 9.71. The van der Waals surface area contributed by atoms with Crippen molar-refractivity contribution in [1.82, 2.24) is 0 Å². The van der Waals surface area contributed by atoms with Crippen molar-refractivity contribution in [3.05, 3.63) is 35.5 Å². The van der Waals surface area contributed by atoms with E-state index in [1.807, 2.05) is 0 Å². The largest absolute Gasteiger partial charge is 0.393 e. The van der Waals surface area contributed by atoms with Crippen LogP contribution in [0.15, 0.2) is 35.5 Å². The number of aliphatic hydroxyl groups is 3. The molecule has 3 aliphatic rings. The Morgan fingerprint density at radius 1 is 1.23 bits per heavy atom. The van der Waals surface area contributed by atoms with Gasteiger partial charge in [0.05, 0.1) is 17.8 Å². The van der Waals surface area contributed by atoms with E-state index >= 15 is 0 Å². The molecule has 6 atom stereocenters. The number of rotatable bonds is 6. The smallest absolute Gasteiger partial charge is 0.136 e. The van der Waals surface area contributed by atoms with Crippen molar-refractivity contribution < 1.29 is 20.1 Å². The van der Waals surface area contributed by atoms with Gasteiger partial charge in [-0.2, -0.15) is 0 Å². The number of ketones is 1. The van der Waals surface area contributed by atoms with Crippen molar-refractivity contribution in [3.63, 3.8) is 0 Å². The predicted octanol–water partition coefficient (Wildman–Crippen LogP) is 4.49. The van der Waals surface area contributed by atoms with Gasteiger partial charge in [0.1, 0.15) is 5.78 Å². The van der Waals surface area contributed by atoms with Gasteiger partial charge < -0.3 is 15.3 Å². The first kappa shape index (κ1) is 23.4. The molecule has 168 valence electrons. The number of carbonyl (C=O) groups excluding carboxylic acids is 1. The average molecular weight is 417 g/mol. The van der Waals surface area contributed by atoms with Crippen LogP contribution in [0.1, 0.15) is 78.6 Å². The second-order valence-electron chi connectivity index (χ2n) is 10.5. The summed E-state index contributed by atoms with van der Waals surface area (Å²) in [6.07, 6.45) is 10.7. The fourth-order valence-electron chi connectivity index (χ4n) is 5.89. The molecule has 3 N–H and O–H groups in total. The first-order valence-corrected chi connectivity index (χ1v) is 11.8. The first-order valence-electron chi connectivity index (χ1n) is 11.8. The van der Waals surface area contributed by atoms with Crippen LogP contribution in [-0.2, 0) is 4.79 Å². The van der Waals surface area contributed by atoms with Crippen LogP contribution < -0.4 is 0 Å². The molecule has 0 heterocycles. The summed E-state index contributed by atoms with van der Waals surface area (Å²) in [5.74, 6) is 1.90. The van der Waals surface area contributed by atoms with Gasteiger partial charge in [-0.25, -0.2) is 0 Å². The van der Waals surface area contributed by atoms with Gasteiger partial charge in [-0.05, 0) is 87.7 Å². The lowest BCUT2D eigenvalue weighted by Crippen LogP contribution is -2.30. The van der Waals surface area contributed by atoms with Gasteiger partial charge in [0, 0.05) is 18.8 Å². The second kappa shape index (κ2) is 9.50. The van der Waals surface area contributed by atoms with Gasteiger partial charge >= 0.3 is 0 Å². The Hall–Kier alpha value is -1.23. The molecule has 4 unspecified atom stereocenters. The Morgan fingerprint density at radius 3 is 2.67 bits per heavy atom. The van der Waals surface area contributed by atoms with E-state index in [0.29, 0.717) is 49.2 Å². The van der Waals surface area contributed by atoms with Crippen LogP contribution in [0, 0.1) is 23.7 Å². The average Bonchev–Trinajstić information content (AvgIpc) is 3.11. The molecule has 0 aromatic rings. The molecule has 0 aliphatic heterocycles. The lowest BCUT2D eigenvalue weighted by molar-refractivity contribution is -0.125. The summed E-state index contributed by atoms with van der Waals surface area (Å²) in [6, 6.07) is 0. The Bertz CT molecular complexity index is 711. The number of allylic oxidation sites excluding steroid dienone is 3. The third kappa shape index (κ3) is 5.52. The molecule has 4 heteroatoms. The van der Waals surface area contributed by atoms with Crippen molar-refractivity contribution in [1.29, 1.82) is 0 Å². The van der Waals surface area contributed by atoms with Gasteiger partial charge in [-0.3, -0.25) is 4.79 Å². The van der Waals surface area contributed by atoms with E-state index in [1.165, 1.54) is 12.0 Å². The lowest BCUT2D eigenvalue weighted by Gasteiger charge is -2.34. The minimum atomic E-state index is -0.786. The number of aliphatic hydroxyl groups excluding tert-OH is 2. The normalized spacial score (nSPS) is 36.2. The fraction of sp³-hybridized carbons (Fsp3) is 0.731. The number of fused-ring (bicyclic) bond motifs is 1. The topological polar surface area (TPSA) is 77.8 Å². The standard InChI is InChI=1S/C26H40O4/c1-16-19(14-20(27)15-25(16)29)9-8-18-6-5-7-23-21(10-11-22(18)23)17(2)24(28)12-13-26(3,4)30/h8-9,17,20-23,25,27,29-30H,1,5-7,10-15H2,2-4H3/b18-8+,19-9-/t17?,20-,21?,22?,23?,25+/m1/s1. The zero-order valence-corrected chi connectivity index (χ0v) is 18.9. The number of hydrogen-bond acceptors (Lipinski definition) is 4. The molecule has 4 nitrogen and oxygen atoms in total. The van der Waals surface area contributed by atoms with Crippen LogP contribution in [-0.4, -0.2) is 38.9 Å². The predicted molar refractivity (Wildman–Crippen MR) is 120 cm³/mol. The van der Waals surface area contributed by atoms with E-state index in [2.05, 4.69) is 25.7 Å². The van der Waals surface area contributed by atoms with Gasteiger partial charge in [-0.15, -0.1) is 0 Å². The SMILES string of the molecule is C=C1/C(=C\C=C2/CCCC3C2CCC3C(C)C(=O)CCC(C)(C)O)C[C@@H](O)C[C@@H]1O. The molecular formula is C26H40O4. The molecule has 30 heavy (non-hydrogen) atoms. The third-order valence-electron chi connectivity index (χ3n) is 7.75. The number of hydrogen-bond donors (Lipinski definition) is 3. The summed E-state index contributed by atoms with van der Waals surface area (Å²) in [4.78, 5) is 12.8. The van der Waals surface area contributed by atoms with E-state index < -0.39 is 17.8 Å². The summed E-state index contributed by atoms with van der Waals surface area (Å²) < 4.78 is 0. The van der Waals surface area contributed by atoms with E-state index in [9.17, 15) is 20.1 Å². The summed E-state index contributed by atoms with van der Waals surface area (Å²) >= 11 is 0. The Morgan fingerprint density at radius 2 is 1.97 bits per heavy atom. The fourth-order valence-corrected chi connectivity index (χ4v) is 5.89. The maximum absolute atomic E-state index is 12.8. The highest BCUT2D eigenvalue weighted by Gasteiger charge is 2.43. The van der Waals surface area contributed by atoms with Crippen molar-refractivity contribution in [2.75, 3.05) is 0 Å². The zero-order chi connectivity index (χ0) is 22.1. The summed E-state index contributed by atoms with van der Waals surface area (Å²) in [5.41, 5.74) is 2.37. The maximum Gasteiger partial charge on any atom is 0.136 e. The Balaban J connectivity index is 1.68. The maximum atomic E-state index is 12.8. The molecule has 0 bridgehead atoms. The molecule has 0 aromatic carbocycles. The highest BCUT2D eigenvalue weighted by molar-refractivity contribution is 5.81. The van der Waals surface area contributed by atoms with Crippen LogP contribution in [0.2, 0.25) is 0 Å². The first-order chi connectivity index (χ1) is 14.1. The number of Topliss-reactive ketones (excluding diaryl/α,β-unsaturated/α-hetero) is 1. The molecule has 0 amide bonds. The quantitative estimate of drug-likeness (QED) is 0.596. The molecule has 3 fully saturated rings. The van der Waals surface area contributed by atoms with Crippen LogP contribution in [0.5, 0.6) is 0 Å². The molecule has 0 spiro atoms. The second-order valence-corrected chi connectivity index (χ2v) is 10.5. The van der Waals surface area contributed by atoms with Gasteiger partial charge in [-0.1, -0.05) is 31.2 Å². The Kier molecular flexibility index (Phi) is 7.42. The van der Waals surface area contributed by atoms with Gasteiger partial charge in [0.15, 0.2) is 0 Å². The minimum Gasteiger partial charge on any atom is -0.393 e. The zero-order valence-electron chi connectivity index (χ0n) is 18.9. The summed E-state index contributed by atoms with van der Waals surface area (Å²) in [5, 5.41) is 30.0. The van der Waals surface area contributed by atoms with Crippen molar-refractivity contribution in [2.45, 2.75) is 96.4 Å². The summed E-state index contributed by atoms with van der Waals surface area (Å²) in [6.45, 7) is 9.64. The van der Waals surface area contributed by atoms with Crippen LogP contribution >= 0.6 is 0 Å². The molecule has 0 aromatic heterocycles. The van der Waals surface area contributed by atoms with E-state index in [-0.39, 0.29) is 5.92 Å². The Labute approximate surface area is 181 Å². The highest BCUT2D eigenvalue weighted by Crippen LogP contribution is 2.51. The molecule has 3 saturated carbocycles. The van der Waals surface area contributed by atoms with Crippen LogP contribution in [0.25, 0.3) is 0 Å². The molecule has 3 rings (SSSR count). The van der Waals surface area contributed by atoms with E-state index in [0.717, 1.165) is 36.8 Å². The van der Waals surface area contributed by atoms with Gasteiger partial charge in [0.2, 0.25) is 0 Å².